The van der Waals surface area contributed by atoms with E-state index in [4.69, 9.17) is 9.47 Å². The molecule has 2 N–H and O–H groups in total. The van der Waals surface area contributed by atoms with Gasteiger partial charge in [0.2, 0.25) is 0 Å². The maximum absolute atomic E-state index is 5.12. The molecular formula is C10H22N2O2. The molecule has 4 heteroatoms. The van der Waals surface area contributed by atoms with Crippen molar-refractivity contribution >= 4 is 0 Å². The summed E-state index contributed by atoms with van der Waals surface area (Å²) >= 11 is 0. The molecule has 2 saturated heterocycles. The molecule has 0 aromatic heterocycles. The zero-order chi connectivity index (χ0) is 10.2. The fraction of sp³-hybridized carbons (Fsp3) is 1.00. The van der Waals surface area contributed by atoms with Crippen LogP contribution in [0.25, 0.3) is 0 Å². The Balaban J connectivity index is 0.000000140. The Labute approximate surface area is 86.3 Å². The van der Waals surface area contributed by atoms with Crippen LogP contribution in [0.4, 0.5) is 0 Å². The summed E-state index contributed by atoms with van der Waals surface area (Å²) in [6.45, 7) is 9.79. The van der Waals surface area contributed by atoms with Crippen molar-refractivity contribution in [3.8, 4) is 0 Å². The Morgan fingerprint density at radius 2 is 1.29 bits per heavy atom. The smallest absolute Gasteiger partial charge is 0.0617 e. The van der Waals surface area contributed by atoms with Crippen LogP contribution in [-0.4, -0.2) is 51.6 Å². The lowest BCUT2D eigenvalue weighted by molar-refractivity contribution is 0.0824. The number of rotatable bonds is 0. The molecule has 0 radical (unpaired) electrons. The fourth-order valence-electron chi connectivity index (χ4n) is 1.39. The van der Waals surface area contributed by atoms with Crippen LogP contribution >= 0.6 is 0 Å². The summed E-state index contributed by atoms with van der Waals surface area (Å²) in [5.74, 6) is 0. The second-order valence-electron chi connectivity index (χ2n) is 3.86. The average Bonchev–Trinajstić information content (AvgIpc) is 2.21. The van der Waals surface area contributed by atoms with Crippen LogP contribution in [0.1, 0.15) is 13.8 Å². The van der Waals surface area contributed by atoms with Gasteiger partial charge in [-0.15, -0.1) is 0 Å². The van der Waals surface area contributed by atoms with Crippen molar-refractivity contribution in [1.29, 1.82) is 0 Å². The summed E-state index contributed by atoms with van der Waals surface area (Å²) in [7, 11) is 0. The first-order valence-electron chi connectivity index (χ1n) is 5.41. The van der Waals surface area contributed by atoms with Gasteiger partial charge in [-0.25, -0.2) is 0 Å². The Hall–Kier alpha value is -0.160. The van der Waals surface area contributed by atoms with E-state index >= 15 is 0 Å². The summed E-state index contributed by atoms with van der Waals surface area (Å²) < 4.78 is 10.2. The predicted octanol–water partition coefficient (Wildman–Crippen LogP) is -0.0106. The van der Waals surface area contributed by atoms with Crippen LogP contribution in [-0.2, 0) is 9.47 Å². The molecule has 2 fully saturated rings. The minimum absolute atomic E-state index is 0.564. The first-order valence-corrected chi connectivity index (χ1v) is 5.41. The Morgan fingerprint density at radius 3 is 1.43 bits per heavy atom. The van der Waals surface area contributed by atoms with Gasteiger partial charge >= 0.3 is 0 Å². The first-order chi connectivity index (χ1) is 6.79. The maximum Gasteiger partial charge on any atom is 0.0617 e. The molecule has 14 heavy (non-hydrogen) atoms. The molecule has 2 aliphatic heterocycles. The molecule has 2 rings (SSSR count). The van der Waals surface area contributed by atoms with E-state index in [0.717, 1.165) is 39.5 Å². The highest BCUT2D eigenvalue weighted by Gasteiger charge is 2.05. The monoisotopic (exact) mass is 202 g/mol. The lowest BCUT2D eigenvalue weighted by Gasteiger charge is -2.19. The van der Waals surface area contributed by atoms with Crippen LogP contribution in [0.5, 0.6) is 0 Å². The highest BCUT2D eigenvalue weighted by atomic mass is 16.5. The molecule has 0 spiro atoms. The maximum atomic E-state index is 5.12. The van der Waals surface area contributed by atoms with Crippen molar-refractivity contribution in [3.63, 3.8) is 0 Å². The van der Waals surface area contributed by atoms with E-state index in [-0.39, 0.29) is 0 Å². The second kappa shape index (κ2) is 7.17. The number of morpholine rings is 2. The summed E-state index contributed by atoms with van der Waals surface area (Å²) in [6, 6.07) is 1.13. The molecule has 2 heterocycles. The molecule has 0 unspecified atom stereocenters. The largest absolute Gasteiger partial charge is 0.379 e. The zero-order valence-corrected chi connectivity index (χ0v) is 9.21. The zero-order valence-electron chi connectivity index (χ0n) is 9.21. The van der Waals surface area contributed by atoms with Crippen LogP contribution < -0.4 is 10.6 Å². The van der Waals surface area contributed by atoms with Gasteiger partial charge in [-0.2, -0.15) is 0 Å². The normalized spacial score (nSPS) is 33.0. The third-order valence-electron chi connectivity index (χ3n) is 2.21. The lowest BCUT2D eigenvalue weighted by atomic mass is 10.3. The van der Waals surface area contributed by atoms with Gasteiger partial charge in [0.25, 0.3) is 0 Å². The number of hydrogen-bond acceptors (Lipinski definition) is 4. The number of nitrogens with one attached hydrogen (secondary N) is 2. The van der Waals surface area contributed by atoms with Gasteiger partial charge in [0.05, 0.1) is 26.4 Å². The lowest BCUT2D eigenvalue weighted by Crippen LogP contribution is -2.38. The van der Waals surface area contributed by atoms with Gasteiger partial charge in [0.15, 0.2) is 0 Å². The molecule has 0 bridgehead atoms. The molecule has 0 aliphatic carbocycles. The van der Waals surface area contributed by atoms with Crippen LogP contribution in [0.2, 0.25) is 0 Å². The van der Waals surface area contributed by atoms with Gasteiger partial charge in [-0.1, -0.05) is 0 Å². The fourth-order valence-corrected chi connectivity index (χ4v) is 1.39. The van der Waals surface area contributed by atoms with Crippen molar-refractivity contribution in [2.24, 2.45) is 0 Å². The van der Waals surface area contributed by atoms with E-state index in [2.05, 4.69) is 24.5 Å². The summed E-state index contributed by atoms with van der Waals surface area (Å²) in [4.78, 5) is 0. The second-order valence-corrected chi connectivity index (χ2v) is 3.86. The molecule has 84 valence electrons. The van der Waals surface area contributed by atoms with Crippen molar-refractivity contribution in [1.82, 2.24) is 10.6 Å². The third kappa shape index (κ3) is 5.54. The van der Waals surface area contributed by atoms with Crippen molar-refractivity contribution in [3.05, 3.63) is 0 Å². The summed E-state index contributed by atoms with van der Waals surface area (Å²) in [5.41, 5.74) is 0. The molecule has 0 aromatic carbocycles. The van der Waals surface area contributed by atoms with E-state index in [1.165, 1.54) is 0 Å². The van der Waals surface area contributed by atoms with Gasteiger partial charge in [-0.3, -0.25) is 0 Å². The van der Waals surface area contributed by atoms with Gasteiger partial charge in [0.1, 0.15) is 0 Å². The average molecular weight is 202 g/mol. The molecular weight excluding hydrogens is 180 g/mol. The van der Waals surface area contributed by atoms with Gasteiger partial charge < -0.3 is 20.1 Å². The van der Waals surface area contributed by atoms with Crippen molar-refractivity contribution in [2.75, 3.05) is 39.5 Å². The van der Waals surface area contributed by atoms with Crippen LogP contribution in [0, 0.1) is 0 Å². The molecule has 2 atom stereocenters. The van der Waals surface area contributed by atoms with Crippen molar-refractivity contribution in [2.45, 2.75) is 25.9 Å². The highest BCUT2D eigenvalue weighted by molar-refractivity contribution is 4.63. The summed E-state index contributed by atoms with van der Waals surface area (Å²) in [6.07, 6.45) is 0. The highest BCUT2D eigenvalue weighted by Crippen LogP contribution is 1.89. The topological polar surface area (TPSA) is 42.5 Å². The van der Waals surface area contributed by atoms with Crippen LogP contribution in [0.15, 0.2) is 0 Å². The molecule has 2 aliphatic rings. The first kappa shape index (κ1) is 11.9. The number of ether oxygens (including phenoxy) is 2. The minimum Gasteiger partial charge on any atom is -0.379 e. The molecule has 4 nitrogen and oxygen atoms in total. The Kier molecular flexibility index (Phi) is 6.10. The van der Waals surface area contributed by atoms with Crippen LogP contribution in [0.3, 0.4) is 0 Å². The van der Waals surface area contributed by atoms with E-state index in [9.17, 15) is 0 Å². The van der Waals surface area contributed by atoms with E-state index in [0.29, 0.717) is 12.1 Å². The van der Waals surface area contributed by atoms with E-state index in [1.54, 1.807) is 0 Å². The summed E-state index contributed by atoms with van der Waals surface area (Å²) in [5, 5.41) is 6.51. The molecule has 0 saturated carbocycles. The standard InChI is InChI=1S/2C5H11NO/c2*1-5-4-7-3-2-6-5/h2*5-6H,2-4H2,1H3/t2*5-/m00/s1. The van der Waals surface area contributed by atoms with Gasteiger partial charge in [-0.05, 0) is 13.8 Å². The Morgan fingerprint density at radius 1 is 0.857 bits per heavy atom. The Bertz CT molecular complexity index is 116. The third-order valence-corrected chi connectivity index (χ3v) is 2.21. The molecule has 0 amide bonds. The van der Waals surface area contributed by atoms with E-state index < -0.39 is 0 Å². The quantitative estimate of drug-likeness (QED) is 0.580. The SMILES string of the molecule is C[C@H]1COCCN1.C[C@H]1COCCN1. The molecule has 0 aromatic rings. The predicted molar refractivity (Wildman–Crippen MR) is 56.6 cm³/mol. The number of hydrogen-bond donors (Lipinski definition) is 2. The van der Waals surface area contributed by atoms with Crippen molar-refractivity contribution < 1.29 is 9.47 Å². The van der Waals surface area contributed by atoms with E-state index in [1.807, 2.05) is 0 Å². The van der Waals surface area contributed by atoms with Gasteiger partial charge in [0, 0.05) is 25.2 Å². The minimum atomic E-state index is 0.564.